The summed E-state index contributed by atoms with van der Waals surface area (Å²) in [6.07, 6.45) is 8.82. The number of hydrogen-bond donors (Lipinski definition) is 1. The van der Waals surface area contributed by atoms with Gasteiger partial charge >= 0.3 is 0 Å². The Hall–Kier alpha value is -1.57. The van der Waals surface area contributed by atoms with Crippen LogP contribution in [0.1, 0.15) is 36.8 Å². The number of benzene rings is 1. The minimum Gasteiger partial charge on any atom is -0.370 e. The molecule has 3 rings (SSSR count). The highest BCUT2D eigenvalue weighted by molar-refractivity contribution is 14.0. The van der Waals surface area contributed by atoms with Gasteiger partial charge < -0.3 is 10.6 Å². The smallest absolute Gasteiger partial charge is 0.191 e. The summed E-state index contributed by atoms with van der Waals surface area (Å²) in [6.45, 7) is 3.49. The lowest BCUT2D eigenvalue weighted by Crippen LogP contribution is -2.38. The van der Waals surface area contributed by atoms with Gasteiger partial charge in [-0.15, -0.1) is 24.0 Å². The number of aliphatic imine (C=N–C) groups is 1. The first-order valence-electron chi connectivity index (χ1n) is 8.41. The molecule has 1 aliphatic heterocycles. The lowest BCUT2D eigenvalue weighted by atomic mass is 10.1. The molecule has 2 aromatic rings. The zero-order valence-corrected chi connectivity index (χ0v) is 16.3. The van der Waals surface area contributed by atoms with Crippen molar-refractivity contribution in [1.29, 1.82) is 0 Å². The molecular weight excluding hydrogens is 413 g/mol. The second-order valence-electron chi connectivity index (χ2n) is 6.10. The van der Waals surface area contributed by atoms with Gasteiger partial charge in [-0.3, -0.25) is 4.68 Å². The normalized spacial score (nSPS) is 15.7. The molecule has 1 aromatic heterocycles. The molecule has 0 radical (unpaired) electrons. The fourth-order valence-corrected chi connectivity index (χ4v) is 2.98. The van der Waals surface area contributed by atoms with Gasteiger partial charge in [0.1, 0.15) is 0 Å². The summed E-state index contributed by atoms with van der Waals surface area (Å²) in [6, 6.07) is 10.4. The Balaban J connectivity index is 0.00000208. The van der Waals surface area contributed by atoms with E-state index in [1.807, 2.05) is 16.9 Å². The molecular formula is C18H26IN5. The van der Waals surface area contributed by atoms with Crippen molar-refractivity contribution in [2.45, 2.75) is 38.8 Å². The molecule has 0 atom stereocenters. The number of aromatic nitrogens is 2. The van der Waals surface area contributed by atoms with Crippen LogP contribution in [0.4, 0.5) is 0 Å². The van der Waals surface area contributed by atoms with E-state index in [9.17, 15) is 0 Å². The van der Waals surface area contributed by atoms with Crippen molar-refractivity contribution >= 4 is 29.9 Å². The number of nitrogens with two attached hydrogens (primary N) is 1. The van der Waals surface area contributed by atoms with Crippen molar-refractivity contribution in [3.05, 3.63) is 53.9 Å². The van der Waals surface area contributed by atoms with Gasteiger partial charge in [-0.05, 0) is 30.0 Å². The molecule has 1 saturated heterocycles. The zero-order valence-electron chi connectivity index (χ0n) is 14.0. The molecule has 0 aliphatic carbocycles. The second-order valence-corrected chi connectivity index (χ2v) is 6.10. The van der Waals surface area contributed by atoms with Gasteiger partial charge in [0.05, 0.1) is 13.1 Å². The maximum absolute atomic E-state index is 6.18. The van der Waals surface area contributed by atoms with Crippen molar-refractivity contribution in [2.24, 2.45) is 10.7 Å². The molecule has 0 bridgehead atoms. The number of guanidine groups is 1. The van der Waals surface area contributed by atoms with Crippen molar-refractivity contribution < 1.29 is 0 Å². The first-order valence-corrected chi connectivity index (χ1v) is 8.41. The number of halogens is 1. The van der Waals surface area contributed by atoms with E-state index in [2.05, 4.69) is 39.3 Å². The van der Waals surface area contributed by atoms with Crippen molar-refractivity contribution in [1.82, 2.24) is 14.7 Å². The summed E-state index contributed by atoms with van der Waals surface area (Å²) in [5, 5.41) is 4.25. The van der Waals surface area contributed by atoms with Crippen molar-refractivity contribution in [3.63, 3.8) is 0 Å². The minimum absolute atomic E-state index is 0. The fourth-order valence-electron chi connectivity index (χ4n) is 2.98. The van der Waals surface area contributed by atoms with Crippen molar-refractivity contribution in [2.75, 3.05) is 13.1 Å². The van der Waals surface area contributed by atoms with Gasteiger partial charge in [0, 0.05) is 25.5 Å². The summed E-state index contributed by atoms with van der Waals surface area (Å²) in [4.78, 5) is 6.82. The molecule has 1 aromatic carbocycles. The topological polar surface area (TPSA) is 59.4 Å². The van der Waals surface area contributed by atoms with Crippen LogP contribution in [-0.2, 0) is 13.1 Å². The molecule has 2 heterocycles. The van der Waals surface area contributed by atoms with Gasteiger partial charge in [-0.25, -0.2) is 4.99 Å². The molecule has 0 amide bonds. The average Bonchev–Trinajstić information content (AvgIpc) is 2.92. The van der Waals surface area contributed by atoms with E-state index in [0.29, 0.717) is 12.5 Å². The molecule has 1 fully saturated rings. The van der Waals surface area contributed by atoms with Crippen LogP contribution in [0.3, 0.4) is 0 Å². The highest BCUT2D eigenvalue weighted by Crippen LogP contribution is 2.11. The van der Waals surface area contributed by atoms with Crippen LogP contribution in [-0.4, -0.2) is 33.7 Å². The van der Waals surface area contributed by atoms with Crippen LogP contribution in [0, 0.1) is 0 Å². The van der Waals surface area contributed by atoms with Gasteiger partial charge in [0.25, 0.3) is 0 Å². The fraction of sp³-hybridized carbons (Fsp3) is 0.444. The number of nitrogens with zero attached hydrogens (tertiary/aromatic N) is 4. The average molecular weight is 439 g/mol. The highest BCUT2D eigenvalue weighted by Gasteiger charge is 2.10. The molecule has 2 N–H and O–H groups in total. The van der Waals surface area contributed by atoms with E-state index in [4.69, 9.17) is 5.73 Å². The van der Waals surface area contributed by atoms with Gasteiger partial charge in [0.15, 0.2) is 5.96 Å². The van der Waals surface area contributed by atoms with Crippen molar-refractivity contribution in [3.8, 4) is 0 Å². The monoisotopic (exact) mass is 439 g/mol. The van der Waals surface area contributed by atoms with Gasteiger partial charge in [-0.1, -0.05) is 37.1 Å². The van der Waals surface area contributed by atoms with E-state index in [1.54, 1.807) is 6.20 Å². The first kappa shape index (κ1) is 18.8. The summed E-state index contributed by atoms with van der Waals surface area (Å²) >= 11 is 0. The third kappa shape index (κ3) is 5.51. The lowest BCUT2D eigenvalue weighted by Gasteiger charge is -2.21. The molecule has 0 saturated carbocycles. The minimum atomic E-state index is 0. The highest BCUT2D eigenvalue weighted by atomic mass is 127. The van der Waals surface area contributed by atoms with Gasteiger partial charge in [-0.2, -0.15) is 5.10 Å². The van der Waals surface area contributed by atoms with Crippen LogP contribution in [0.15, 0.2) is 47.7 Å². The zero-order chi connectivity index (χ0) is 15.9. The quantitative estimate of drug-likeness (QED) is 0.452. The van der Waals surface area contributed by atoms with Gasteiger partial charge in [0.2, 0.25) is 0 Å². The van der Waals surface area contributed by atoms with E-state index in [1.165, 1.54) is 36.8 Å². The van der Waals surface area contributed by atoms with E-state index >= 15 is 0 Å². The molecule has 0 spiro atoms. The summed E-state index contributed by atoms with van der Waals surface area (Å²) in [7, 11) is 0. The van der Waals surface area contributed by atoms with E-state index < -0.39 is 0 Å². The third-order valence-electron chi connectivity index (χ3n) is 4.25. The Kier molecular flexibility index (Phi) is 7.55. The molecule has 130 valence electrons. The standard InChI is InChI=1S/C18H25N5.HI/c19-18(22-10-3-1-2-4-11-22)20-14-16-7-5-8-17(13-16)15-23-12-6-9-21-23;/h5-9,12-13H,1-4,10-11,14-15H2,(H2,19,20);1H. The predicted octanol–water partition coefficient (Wildman–Crippen LogP) is 3.24. The molecule has 24 heavy (non-hydrogen) atoms. The molecule has 5 nitrogen and oxygen atoms in total. The largest absolute Gasteiger partial charge is 0.370 e. The van der Waals surface area contributed by atoms with E-state index in [-0.39, 0.29) is 24.0 Å². The molecule has 6 heteroatoms. The number of likely N-dealkylation sites (tertiary alicyclic amines) is 1. The summed E-state index contributed by atoms with van der Waals surface area (Å²) in [5.41, 5.74) is 8.59. The van der Waals surface area contributed by atoms with Crippen LogP contribution in [0.5, 0.6) is 0 Å². The number of rotatable bonds is 4. The Morgan fingerprint density at radius 3 is 2.54 bits per heavy atom. The van der Waals surface area contributed by atoms with Crippen LogP contribution < -0.4 is 5.73 Å². The maximum atomic E-state index is 6.18. The predicted molar refractivity (Wildman–Crippen MR) is 109 cm³/mol. The Labute approximate surface area is 161 Å². The summed E-state index contributed by atoms with van der Waals surface area (Å²) in [5.74, 6) is 0.685. The van der Waals surface area contributed by atoms with E-state index in [0.717, 1.165) is 19.6 Å². The van der Waals surface area contributed by atoms with Crippen LogP contribution in [0.25, 0.3) is 0 Å². The SMILES string of the molecule is I.NC(=NCc1cccc(Cn2cccn2)c1)N1CCCCCC1. The number of hydrogen-bond acceptors (Lipinski definition) is 2. The second kappa shape index (κ2) is 9.66. The molecule has 1 aliphatic rings. The lowest BCUT2D eigenvalue weighted by molar-refractivity contribution is 0.428. The maximum Gasteiger partial charge on any atom is 0.191 e. The van der Waals surface area contributed by atoms with Crippen LogP contribution >= 0.6 is 24.0 Å². The van der Waals surface area contributed by atoms with Crippen LogP contribution in [0.2, 0.25) is 0 Å². The summed E-state index contributed by atoms with van der Waals surface area (Å²) < 4.78 is 1.92. The third-order valence-corrected chi connectivity index (χ3v) is 4.25. The Morgan fingerprint density at radius 2 is 1.83 bits per heavy atom. The molecule has 0 unspecified atom stereocenters. The Morgan fingerprint density at radius 1 is 1.08 bits per heavy atom. The Bertz CT molecular complexity index is 631. The first-order chi connectivity index (χ1) is 11.3.